The Morgan fingerprint density at radius 3 is 3.14 bits per heavy atom. The maximum atomic E-state index is 5.21. The number of pyridine rings is 1. The van der Waals surface area contributed by atoms with Crippen LogP contribution in [0.25, 0.3) is 5.82 Å². The molecule has 1 aliphatic rings. The topological polar surface area (TPSA) is 69.0 Å². The van der Waals surface area contributed by atoms with E-state index < -0.39 is 0 Å². The number of hydrogen-bond acceptors (Lipinski definition) is 5. The second kappa shape index (κ2) is 2.85. The standard InChI is InChI=1S/C8H7N5O/c1-2-6(7-4-14-7)8(9-3-1)13-5-10-11-12-13/h1-3,5,7H,4H2. The highest BCUT2D eigenvalue weighted by Crippen LogP contribution is 2.32. The monoisotopic (exact) mass is 189 g/mol. The predicted octanol–water partition coefficient (Wildman–Crippen LogP) is 0.129. The average molecular weight is 189 g/mol. The van der Waals surface area contributed by atoms with E-state index in [2.05, 4.69) is 20.5 Å². The zero-order chi connectivity index (χ0) is 9.38. The van der Waals surface area contributed by atoms with Crippen molar-refractivity contribution < 1.29 is 4.74 Å². The lowest BCUT2D eigenvalue weighted by atomic mass is 10.2. The van der Waals surface area contributed by atoms with Gasteiger partial charge < -0.3 is 4.74 Å². The first kappa shape index (κ1) is 7.57. The van der Waals surface area contributed by atoms with Crippen molar-refractivity contribution >= 4 is 0 Å². The third-order valence-electron chi connectivity index (χ3n) is 2.06. The number of epoxide rings is 1. The zero-order valence-electron chi connectivity index (χ0n) is 7.24. The summed E-state index contributed by atoms with van der Waals surface area (Å²) in [5.74, 6) is 0.736. The van der Waals surface area contributed by atoms with Crippen LogP contribution in [-0.4, -0.2) is 31.8 Å². The molecule has 0 radical (unpaired) electrons. The molecule has 1 atom stereocenters. The minimum Gasteiger partial charge on any atom is -0.368 e. The molecular formula is C8H7N5O. The van der Waals surface area contributed by atoms with E-state index in [9.17, 15) is 0 Å². The number of hydrogen-bond donors (Lipinski definition) is 0. The fourth-order valence-corrected chi connectivity index (χ4v) is 1.34. The van der Waals surface area contributed by atoms with E-state index in [1.165, 1.54) is 11.0 Å². The quantitative estimate of drug-likeness (QED) is 0.628. The Morgan fingerprint density at radius 2 is 2.43 bits per heavy atom. The van der Waals surface area contributed by atoms with Gasteiger partial charge in [0.2, 0.25) is 0 Å². The maximum absolute atomic E-state index is 5.21. The lowest BCUT2D eigenvalue weighted by molar-refractivity contribution is 0.414. The van der Waals surface area contributed by atoms with Crippen molar-refractivity contribution in [3.8, 4) is 5.82 Å². The predicted molar refractivity (Wildman–Crippen MR) is 45.6 cm³/mol. The summed E-state index contributed by atoms with van der Waals surface area (Å²) in [6.07, 6.45) is 3.39. The Labute approximate surface area is 79.5 Å². The van der Waals surface area contributed by atoms with Gasteiger partial charge in [0.15, 0.2) is 5.82 Å². The maximum Gasteiger partial charge on any atom is 0.162 e. The molecule has 70 valence electrons. The zero-order valence-corrected chi connectivity index (χ0v) is 7.24. The minimum atomic E-state index is 0.155. The van der Waals surface area contributed by atoms with Gasteiger partial charge in [0.25, 0.3) is 0 Å². The highest BCUT2D eigenvalue weighted by Gasteiger charge is 2.28. The van der Waals surface area contributed by atoms with Gasteiger partial charge in [-0.05, 0) is 16.5 Å². The summed E-state index contributed by atoms with van der Waals surface area (Å²) in [5, 5.41) is 10.9. The Bertz CT molecular complexity index is 437. The Kier molecular flexibility index (Phi) is 1.54. The highest BCUT2D eigenvalue weighted by atomic mass is 16.6. The van der Waals surface area contributed by atoms with Crippen molar-refractivity contribution in [1.82, 2.24) is 25.2 Å². The third kappa shape index (κ3) is 1.16. The Balaban J connectivity index is 2.12. The van der Waals surface area contributed by atoms with Gasteiger partial charge in [0.05, 0.1) is 6.61 Å². The molecule has 3 rings (SSSR count). The molecule has 0 N–H and O–H groups in total. The van der Waals surface area contributed by atoms with E-state index in [4.69, 9.17) is 4.74 Å². The third-order valence-corrected chi connectivity index (χ3v) is 2.06. The lowest BCUT2D eigenvalue weighted by Crippen LogP contribution is -2.02. The second-order valence-corrected chi connectivity index (χ2v) is 2.99. The van der Waals surface area contributed by atoms with Crippen molar-refractivity contribution in [3.63, 3.8) is 0 Å². The Morgan fingerprint density at radius 1 is 1.50 bits per heavy atom. The molecule has 0 saturated carbocycles. The number of ether oxygens (including phenoxy) is 1. The molecule has 1 aliphatic heterocycles. The van der Waals surface area contributed by atoms with Crippen LogP contribution in [0.15, 0.2) is 24.7 Å². The first-order valence-electron chi connectivity index (χ1n) is 4.25. The van der Waals surface area contributed by atoms with Gasteiger partial charge in [-0.3, -0.25) is 0 Å². The number of aromatic nitrogens is 5. The molecule has 3 heterocycles. The van der Waals surface area contributed by atoms with Crippen molar-refractivity contribution in [2.75, 3.05) is 6.61 Å². The molecule has 2 aromatic heterocycles. The fourth-order valence-electron chi connectivity index (χ4n) is 1.34. The van der Waals surface area contributed by atoms with Crippen LogP contribution in [0.1, 0.15) is 11.7 Å². The van der Waals surface area contributed by atoms with E-state index >= 15 is 0 Å². The summed E-state index contributed by atoms with van der Waals surface area (Å²) in [5.41, 5.74) is 1.03. The van der Waals surface area contributed by atoms with Gasteiger partial charge in [-0.15, -0.1) is 5.10 Å². The van der Waals surface area contributed by atoms with E-state index in [-0.39, 0.29) is 6.10 Å². The van der Waals surface area contributed by atoms with Gasteiger partial charge in [0.1, 0.15) is 12.4 Å². The number of tetrazole rings is 1. The molecular weight excluding hydrogens is 182 g/mol. The van der Waals surface area contributed by atoms with Crippen LogP contribution >= 0.6 is 0 Å². The molecule has 1 unspecified atom stereocenters. The van der Waals surface area contributed by atoms with Crippen LogP contribution in [-0.2, 0) is 4.74 Å². The van der Waals surface area contributed by atoms with Gasteiger partial charge in [-0.2, -0.15) is 4.68 Å². The van der Waals surface area contributed by atoms with Gasteiger partial charge in [-0.1, -0.05) is 6.07 Å². The summed E-state index contributed by atoms with van der Waals surface area (Å²) >= 11 is 0. The van der Waals surface area contributed by atoms with E-state index in [0.717, 1.165) is 18.0 Å². The summed E-state index contributed by atoms with van der Waals surface area (Å²) < 4.78 is 6.75. The summed E-state index contributed by atoms with van der Waals surface area (Å²) in [4.78, 5) is 4.22. The largest absolute Gasteiger partial charge is 0.368 e. The molecule has 0 amide bonds. The fraction of sp³-hybridized carbons (Fsp3) is 0.250. The molecule has 6 heteroatoms. The van der Waals surface area contributed by atoms with Crippen molar-refractivity contribution in [1.29, 1.82) is 0 Å². The minimum absolute atomic E-state index is 0.155. The van der Waals surface area contributed by atoms with Crippen LogP contribution in [0.2, 0.25) is 0 Å². The average Bonchev–Trinajstić information content (AvgIpc) is 2.94. The van der Waals surface area contributed by atoms with Crippen molar-refractivity contribution in [3.05, 3.63) is 30.2 Å². The second-order valence-electron chi connectivity index (χ2n) is 2.99. The van der Waals surface area contributed by atoms with E-state index in [0.29, 0.717) is 0 Å². The lowest BCUT2D eigenvalue weighted by Gasteiger charge is -2.02. The number of rotatable bonds is 2. The molecule has 0 bridgehead atoms. The Hall–Kier alpha value is -1.82. The summed E-state index contributed by atoms with van der Waals surface area (Å²) in [6.45, 7) is 0.751. The molecule has 2 aromatic rings. The van der Waals surface area contributed by atoms with Crippen molar-refractivity contribution in [2.45, 2.75) is 6.10 Å². The molecule has 14 heavy (non-hydrogen) atoms. The molecule has 0 spiro atoms. The van der Waals surface area contributed by atoms with Crippen molar-refractivity contribution in [2.24, 2.45) is 0 Å². The normalized spacial score (nSPS) is 19.6. The van der Waals surface area contributed by atoms with E-state index in [1.54, 1.807) is 6.20 Å². The van der Waals surface area contributed by atoms with Crippen LogP contribution in [0.5, 0.6) is 0 Å². The summed E-state index contributed by atoms with van der Waals surface area (Å²) in [6, 6.07) is 3.85. The molecule has 1 fully saturated rings. The molecule has 0 aliphatic carbocycles. The smallest absolute Gasteiger partial charge is 0.162 e. The first-order chi connectivity index (χ1) is 6.95. The SMILES string of the molecule is c1cnc(-n2cnnn2)c(C2CO2)c1. The number of nitrogens with zero attached hydrogens (tertiary/aromatic N) is 5. The highest BCUT2D eigenvalue weighted by molar-refractivity contribution is 5.35. The molecule has 0 aromatic carbocycles. The molecule has 6 nitrogen and oxygen atoms in total. The first-order valence-corrected chi connectivity index (χ1v) is 4.25. The van der Waals surface area contributed by atoms with Crippen LogP contribution in [0.3, 0.4) is 0 Å². The van der Waals surface area contributed by atoms with Crippen LogP contribution < -0.4 is 0 Å². The van der Waals surface area contributed by atoms with Crippen LogP contribution in [0, 0.1) is 0 Å². The molecule has 1 saturated heterocycles. The van der Waals surface area contributed by atoms with Gasteiger partial charge >= 0.3 is 0 Å². The van der Waals surface area contributed by atoms with Crippen LogP contribution in [0.4, 0.5) is 0 Å². The summed E-state index contributed by atoms with van der Waals surface area (Å²) in [7, 11) is 0. The van der Waals surface area contributed by atoms with E-state index in [1.807, 2.05) is 12.1 Å². The van der Waals surface area contributed by atoms with Gasteiger partial charge in [0, 0.05) is 11.8 Å². The van der Waals surface area contributed by atoms with Gasteiger partial charge in [-0.25, -0.2) is 4.98 Å².